The van der Waals surface area contributed by atoms with Crippen molar-refractivity contribution in [3.63, 3.8) is 0 Å². The van der Waals surface area contributed by atoms with Gasteiger partial charge >= 0.3 is 0 Å². The molecule has 0 aliphatic rings. The van der Waals surface area contributed by atoms with E-state index in [-0.39, 0.29) is 16.5 Å². The van der Waals surface area contributed by atoms with Crippen LogP contribution in [-0.2, 0) is 6.42 Å². The topological polar surface area (TPSA) is 84.4 Å². The average Bonchev–Trinajstić information content (AvgIpc) is 2.44. The van der Waals surface area contributed by atoms with E-state index >= 15 is 0 Å². The molecule has 106 valence electrons. The molecular formula is C13H13ClN2O4. The molecule has 0 fully saturated rings. The number of aromatic nitrogens is 2. The summed E-state index contributed by atoms with van der Waals surface area (Å²) >= 11 is 5.97. The fraction of sp³-hybridized carbons (Fsp3) is 0.231. The first-order valence-electron chi connectivity index (χ1n) is 5.88. The normalized spacial score (nSPS) is 10.3. The summed E-state index contributed by atoms with van der Waals surface area (Å²) in [4.78, 5) is 18.2. The van der Waals surface area contributed by atoms with Gasteiger partial charge in [-0.15, -0.1) is 0 Å². The molecule has 0 unspecified atom stereocenters. The molecule has 0 amide bonds. The van der Waals surface area contributed by atoms with Gasteiger partial charge in [0.25, 0.3) is 17.2 Å². The van der Waals surface area contributed by atoms with Gasteiger partial charge in [-0.25, -0.2) is 0 Å². The van der Waals surface area contributed by atoms with Crippen LogP contribution < -0.4 is 15.0 Å². The molecule has 0 saturated heterocycles. The Labute approximate surface area is 120 Å². The zero-order valence-electron chi connectivity index (χ0n) is 10.9. The Morgan fingerprint density at radius 2 is 2.20 bits per heavy atom. The summed E-state index contributed by atoms with van der Waals surface area (Å²) in [6.07, 6.45) is 0.489. The van der Waals surface area contributed by atoms with E-state index in [0.717, 1.165) is 0 Å². The molecular weight excluding hydrogens is 284 g/mol. The van der Waals surface area contributed by atoms with E-state index in [0.29, 0.717) is 18.0 Å². The summed E-state index contributed by atoms with van der Waals surface area (Å²) in [7, 11) is 1.49. The number of hydrogen-bond donors (Lipinski definition) is 2. The van der Waals surface area contributed by atoms with Crippen LogP contribution in [0.3, 0.4) is 0 Å². The number of methoxy groups -OCH3 is 1. The van der Waals surface area contributed by atoms with Gasteiger partial charge in [0.1, 0.15) is 17.3 Å². The Balaban J connectivity index is 2.42. The highest BCUT2D eigenvalue weighted by molar-refractivity contribution is 6.32. The fourth-order valence-electron chi connectivity index (χ4n) is 1.55. The molecule has 7 heteroatoms. The van der Waals surface area contributed by atoms with Crippen molar-refractivity contribution in [1.82, 2.24) is 9.97 Å². The highest BCUT2D eigenvalue weighted by Gasteiger charge is 2.15. The lowest BCUT2D eigenvalue weighted by Gasteiger charge is -2.09. The summed E-state index contributed by atoms with van der Waals surface area (Å²) in [5.74, 6) is 0.287. The Morgan fingerprint density at radius 1 is 1.45 bits per heavy atom. The molecule has 0 bridgehead atoms. The quantitative estimate of drug-likeness (QED) is 0.905. The largest absolute Gasteiger partial charge is 0.497 e. The monoisotopic (exact) mass is 296 g/mol. The number of aromatic amines is 1. The third-order valence-electron chi connectivity index (χ3n) is 2.59. The molecule has 6 nitrogen and oxygen atoms in total. The predicted octanol–water partition coefficient (Wildman–Crippen LogP) is 2.49. The van der Waals surface area contributed by atoms with Crippen LogP contribution in [0, 0.1) is 0 Å². The molecule has 0 aliphatic heterocycles. The van der Waals surface area contributed by atoms with Gasteiger partial charge in [0, 0.05) is 12.5 Å². The molecule has 0 atom stereocenters. The van der Waals surface area contributed by atoms with Gasteiger partial charge in [-0.1, -0.05) is 18.5 Å². The lowest BCUT2D eigenvalue weighted by Crippen LogP contribution is -2.13. The van der Waals surface area contributed by atoms with Gasteiger partial charge in [-0.2, -0.15) is 4.98 Å². The first-order chi connectivity index (χ1) is 9.55. The minimum Gasteiger partial charge on any atom is -0.497 e. The Morgan fingerprint density at radius 3 is 2.80 bits per heavy atom. The Kier molecular flexibility index (Phi) is 4.14. The summed E-state index contributed by atoms with van der Waals surface area (Å²) < 4.78 is 10.4. The number of aromatic hydroxyl groups is 1. The minimum atomic E-state index is -0.576. The molecule has 2 aromatic rings. The summed E-state index contributed by atoms with van der Waals surface area (Å²) in [5.41, 5.74) is -0.576. The number of nitrogens with one attached hydrogen (secondary N) is 1. The summed E-state index contributed by atoms with van der Waals surface area (Å²) in [6, 6.07) is 4.72. The lowest BCUT2D eigenvalue weighted by molar-refractivity contribution is 0.382. The second-order valence-electron chi connectivity index (χ2n) is 3.92. The van der Waals surface area contributed by atoms with Crippen LogP contribution in [0.25, 0.3) is 0 Å². The molecule has 0 spiro atoms. The Bertz CT molecular complexity index is 685. The maximum atomic E-state index is 11.8. The van der Waals surface area contributed by atoms with Crippen LogP contribution in [0.5, 0.6) is 23.1 Å². The van der Waals surface area contributed by atoms with Crippen molar-refractivity contribution in [2.75, 3.05) is 7.11 Å². The number of aryl methyl sites for hydroxylation is 1. The first kappa shape index (κ1) is 14.2. The van der Waals surface area contributed by atoms with Crippen molar-refractivity contribution in [2.45, 2.75) is 13.3 Å². The number of nitrogens with zero attached hydrogens (tertiary/aromatic N) is 1. The zero-order valence-corrected chi connectivity index (χ0v) is 11.7. The standard InChI is InChI=1S/C13H13ClN2O4/c1-3-10-15-12(17)11(13(18)16-10)20-9-6-7(19-2)4-5-8(9)14/h4-6H,3H2,1-2H3,(H2,15,16,17,18). The van der Waals surface area contributed by atoms with Crippen LogP contribution in [0.15, 0.2) is 23.0 Å². The molecule has 2 rings (SSSR count). The molecule has 20 heavy (non-hydrogen) atoms. The molecule has 1 aromatic heterocycles. The number of ether oxygens (including phenoxy) is 2. The maximum Gasteiger partial charge on any atom is 0.298 e. The van der Waals surface area contributed by atoms with E-state index in [1.165, 1.54) is 13.2 Å². The fourth-order valence-corrected chi connectivity index (χ4v) is 1.71. The van der Waals surface area contributed by atoms with Gasteiger partial charge in [0.2, 0.25) is 0 Å². The van der Waals surface area contributed by atoms with Crippen LogP contribution in [0.1, 0.15) is 12.7 Å². The third kappa shape index (κ3) is 2.85. The van der Waals surface area contributed by atoms with Crippen molar-refractivity contribution in [1.29, 1.82) is 0 Å². The average molecular weight is 297 g/mol. The Hall–Kier alpha value is -2.21. The SMILES string of the molecule is CCc1nc(O)c(Oc2cc(OC)ccc2Cl)c(=O)[nH]1. The smallest absolute Gasteiger partial charge is 0.298 e. The lowest BCUT2D eigenvalue weighted by atomic mass is 10.3. The molecule has 0 aliphatic carbocycles. The van der Waals surface area contributed by atoms with E-state index in [1.54, 1.807) is 19.1 Å². The third-order valence-corrected chi connectivity index (χ3v) is 2.91. The highest BCUT2D eigenvalue weighted by Crippen LogP contribution is 2.33. The summed E-state index contributed by atoms with van der Waals surface area (Å²) in [5, 5.41) is 10.0. The maximum absolute atomic E-state index is 11.8. The number of benzene rings is 1. The van der Waals surface area contributed by atoms with Crippen LogP contribution in [0.4, 0.5) is 0 Å². The first-order valence-corrected chi connectivity index (χ1v) is 6.26. The van der Waals surface area contributed by atoms with Crippen molar-refractivity contribution < 1.29 is 14.6 Å². The van der Waals surface area contributed by atoms with E-state index in [4.69, 9.17) is 21.1 Å². The van der Waals surface area contributed by atoms with Gasteiger partial charge in [0.05, 0.1) is 12.1 Å². The van der Waals surface area contributed by atoms with E-state index in [9.17, 15) is 9.90 Å². The zero-order chi connectivity index (χ0) is 14.7. The predicted molar refractivity (Wildman–Crippen MR) is 74.0 cm³/mol. The van der Waals surface area contributed by atoms with Crippen molar-refractivity contribution in [3.8, 4) is 23.1 Å². The second kappa shape index (κ2) is 5.83. The van der Waals surface area contributed by atoms with Gasteiger partial charge in [-0.3, -0.25) is 4.79 Å². The number of halogens is 1. The molecule has 2 N–H and O–H groups in total. The van der Waals surface area contributed by atoms with Crippen molar-refractivity contribution in [3.05, 3.63) is 39.4 Å². The van der Waals surface area contributed by atoms with Crippen molar-refractivity contribution >= 4 is 11.6 Å². The highest BCUT2D eigenvalue weighted by atomic mass is 35.5. The van der Waals surface area contributed by atoms with E-state index in [1.807, 2.05) is 0 Å². The van der Waals surface area contributed by atoms with Crippen LogP contribution in [-0.4, -0.2) is 22.2 Å². The molecule has 0 radical (unpaired) electrons. The number of hydrogen-bond acceptors (Lipinski definition) is 5. The van der Waals surface area contributed by atoms with E-state index < -0.39 is 11.4 Å². The van der Waals surface area contributed by atoms with Gasteiger partial charge in [-0.05, 0) is 12.1 Å². The molecule has 1 aromatic carbocycles. The van der Waals surface area contributed by atoms with Crippen molar-refractivity contribution in [2.24, 2.45) is 0 Å². The minimum absolute atomic E-state index is 0.192. The van der Waals surface area contributed by atoms with Gasteiger partial charge in [0.15, 0.2) is 0 Å². The van der Waals surface area contributed by atoms with Crippen LogP contribution in [0.2, 0.25) is 5.02 Å². The number of H-pyrrole nitrogens is 1. The second-order valence-corrected chi connectivity index (χ2v) is 4.32. The number of rotatable bonds is 4. The molecule has 0 saturated carbocycles. The summed E-state index contributed by atoms with van der Waals surface area (Å²) in [6.45, 7) is 1.80. The molecule has 1 heterocycles. The van der Waals surface area contributed by atoms with Gasteiger partial charge < -0.3 is 19.6 Å². The van der Waals surface area contributed by atoms with E-state index in [2.05, 4.69) is 9.97 Å². The van der Waals surface area contributed by atoms with Crippen LogP contribution >= 0.6 is 11.6 Å².